The van der Waals surface area contributed by atoms with Crippen LogP contribution in [0.3, 0.4) is 0 Å². The van der Waals surface area contributed by atoms with Crippen LogP contribution < -0.4 is 9.80 Å². The Labute approximate surface area is 279 Å². The SMILES string of the molecule is CC12C(=O)N(c3ccccc3)C(=O)C1CC1C(=CCC3C(=O)N(c4cc(C(F)(F)F)cc(C(F)(F)F)c4)C(=O)C31)C2c1cc(Cl)ccc1O. The minimum absolute atomic E-state index is 0.0908. The van der Waals surface area contributed by atoms with Crippen molar-refractivity contribution in [3.63, 3.8) is 0 Å². The van der Waals surface area contributed by atoms with Gasteiger partial charge in [-0.3, -0.25) is 19.2 Å². The van der Waals surface area contributed by atoms with Crippen LogP contribution in [0.25, 0.3) is 0 Å². The topological polar surface area (TPSA) is 95.0 Å². The number of hydrogen-bond donors (Lipinski definition) is 1. The molecule has 0 aromatic heterocycles. The Bertz CT molecular complexity index is 1950. The highest BCUT2D eigenvalue weighted by atomic mass is 35.5. The maximum absolute atomic E-state index is 14.4. The number of imide groups is 2. The molecule has 4 aliphatic rings. The summed E-state index contributed by atoms with van der Waals surface area (Å²) in [6, 6.07) is 12.9. The van der Waals surface area contributed by atoms with Crippen LogP contribution in [-0.2, 0) is 31.5 Å². The average Bonchev–Trinajstić information content (AvgIpc) is 3.41. The molecule has 0 radical (unpaired) electrons. The predicted octanol–water partition coefficient (Wildman–Crippen LogP) is 7.52. The highest BCUT2D eigenvalue weighted by Gasteiger charge is 2.68. The van der Waals surface area contributed by atoms with Gasteiger partial charge in [0, 0.05) is 16.5 Å². The molecule has 3 fully saturated rings. The number of phenolic OH excluding ortho intramolecular Hbond substituents is 1. The largest absolute Gasteiger partial charge is 0.508 e. The number of carbonyl (C=O) groups is 4. The Kier molecular flexibility index (Phi) is 7.33. The number of para-hydroxylation sites is 1. The summed E-state index contributed by atoms with van der Waals surface area (Å²) >= 11 is 6.34. The maximum Gasteiger partial charge on any atom is 0.416 e. The summed E-state index contributed by atoms with van der Waals surface area (Å²) in [5.74, 6) is -8.93. The van der Waals surface area contributed by atoms with Gasteiger partial charge in [0.05, 0.1) is 45.7 Å². The average molecular weight is 703 g/mol. The Morgan fingerprint density at radius 2 is 1.41 bits per heavy atom. The van der Waals surface area contributed by atoms with Crippen molar-refractivity contribution in [3.05, 3.63) is 100 Å². The lowest BCUT2D eigenvalue weighted by Gasteiger charge is -2.49. The molecule has 4 amide bonds. The van der Waals surface area contributed by atoms with Gasteiger partial charge < -0.3 is 5.11 Å². The monoisotopic (exact) mass is 702 g/mol. The number of nitrogens with zero attached hydrogens (tertiary/aromatic N) is 2. The van der Waals surface area contributed by atoms with E-state index in [2.05, 4.69) is 0 Å². The van der Waals surface area contributed by atoms with Crippen LogP contribution in [0.4, 0.5) is 37.7 Å². The van der Waals surface area contributed by atoms with Crippen LogP contribution in [0.1, 0.15) is 42.4 Å². The number of amides is 4. The highest BCUT2D eigenvalue weighted by molar-refractivity contribution is 6.30. The van der Waals surface area contributed by atoms with E-state index in [1.165, 1.54) is 18.2 Å². The van der Waals surface area contributed by atoms with Crippen LogP contribution in [0.5, 0.6) is 5.75 Å². The molecule has 2 heterocycles. The molecular formula is C35H25ClF6N2O5. The fraction of sp³-hybridized carbons (Fsp3) is 0.314. The molecule has 2 aliphatic carbocycles. The normalized spacial score (nSPS) is 28.4. The molecule has 3 aromatic carbocycles. The molecule has 7 rings (SSSR count). The van der Waals surface area contributed by atoms with E-state index in [1.54, 1.807) is 43.3 Å². The number of halogens is 7. The van der Waals surface area contributed by atoms with Crippen molar-refractivity contribution in [1.29, 1.82) is 0 Å². The second-order valence-electron chi connectivity index (χ2n) is 13.0. The van der Waals surface area contributed by atoms with E-state index in [0.717, 1.165) is 4.90 Å². The zero-order valence-corrected chi connectivity index (χ0v) is 26.1. The van der Waals surface area contributed by atoms with Gasteiger partial charge in [0.25, 0.3) is 0 Å². The summed E-state index contributed by atoms with van der Waals surface area (Å²) in [7, 11) is 0. The van der Waals surface area contributed by atoms with Crippen LogP contribution >= 0.6 is 11.6 Å². The fourth-order valence-electron chi connectivity index (χ4n) is 8.26. The lowest BCUT2D eigenvalue weighted by molar-refractivity contribution is -0.143. The summed E-state index contributed by atoms with van der Waals surface area (Å²) in [5, 5.41) is 11.3. The van der Waals surface area contributed by atoms with E-state index in [0.29, 0.717) is 28.3 Å². The summed E-state index contributed by atoms with van der Waals surface area (Å²) in [5.41, 5.74) is -4.85. The molecule has 7 nitrogen and oxygen atoms in total. The first kappa shape index (κ1) is 32.9. The third kappa shape index (κ3) is 4.87. The standard InChI is InChI=1S/C35H25ClF6N2O5/c1-33-25(30(47)44(32(33)49)19-5-3-2-4-6-19)15-23-21(28(33)24-14-18(36)7-10-26(24)45)8-9-22-27(23)31(48)43(29(22)46)20-12-16(34(37,38)39)11-17(13-20)35(40,41)42/h2-8,10-14,22-23,25,27-28,45H,9,15H2,1H3. The minimum Gasteiger partial charge on any atom is -0.508 e. The van der Waals surface area contributed by atoms with Crippen molar-refractivity contribution in [1.82, 2.24) is 0 Å². The summed E-state index contributed by atoms with van der Waals surface area (Å²) in [6.45, 7) is 1.59. The van der Waals surface area contributed by atoms with E-state index in [-0.39, 0.29) is 35.2 Å². The summed E-state index contributed by atoms with van der Waals surface area (Å²) < 4.78 is 82.4. The summed E-state index contributed by atoms with van der Waals surface area (Å²) in [6.07, 6.45) is -9.07. The van der Waals surface area contributed by atoms with Crippen molar-refractivity contribution in [2.45, 2.75) is 38.0 Å². The highest BCUT2D eigenvalue weighted by Crippen LogP contribution is 2.64. The number of hydrogen-bond acceptors (Lipinski definition) is 5. The van der Waals surface area contributed by atoms with Gasteiger partial charge in [0.15, 0.2) is 0 Å². The number of alkyl halides is 6. The Balaban J connectivity index is 1.37. The molecule has 0 bridgehead atoms. The lowest BCUT2D eigenvalue weighted by Crippen LogP contribution is -2.48. The number of rotatable bonds is 3. The molecular weight excluding hydrogens is 678 g/mol. The van der Waals surface area contributed by atoms with Crippen LogP contribution in [0.15, 0.2) is 78.4 Å². The van der Waals surface area contributed by atoms with Crippen LogP contribution in [0.2, 0.25) is 5.02 Å². The van der Waals surface area contributed by atoms with Gasteiger partial charge in [0.1, 0.15) is 5.75 Å². The maximum atomic E-state index is 14.4. The first-order valence-corrected chi connectivity index (χ1v) is 15.6. The molecule has 3 aromatic rings. The van der Waals surface area contributed by atoms with Gasteiger partial charge in [-0.1, -0.05) is 41.4 Å². The number of aromatic hydroxyl groups is 1. The molecule has 1 N–H and O–H groups in total. The van der Waals surface area contributed by atoms with Gasteiger partial charge in [-0.15, -0.1) is 0 Å². The first-order chi connectivity index (χ1) is 22.9. The van der Waals surface area contributed by atoms with Gasteiger partial charge in [-0.25, -0.2) is 9.80 Å². The molecule has 6 atom stereocenters. The predicted molar refractivity (Wildman–Crippen MR) is 163 cm³/mol. The smallest absolute Gasteiger partial charge is 0.416 e. The van der Waals surface area contributed by atoms with E-state index >= 15 is 0 Å². The Hall–Kier alpha value is -4.65. The Morgan fingerprint density at radius 3 is 2.02 bits per heavy atom. The molecule has 254 valence electrons. The Morgan fingerprint density at radius 1 is 0.776 bits per heavy atom. The van der Waals surface area contributed by atoms with Gasteiger partial charge in [-0.2, -0.15) is 26.3 Å². The first-order valence-electron chi connectivity index (χ1n) is 15.2. The number of phenols is 1. The third-order valence-corrected chi connectivity index (χ3v) is 10.7. The van der Waals surface area contributed by atoms with Crippen LogP contribution in [0, 0.1) is 29.1 Å². The number of carbonyl (C=O) groups excluding carboxylic acids is 4. The van der Waals surface area contributed by atoms with E-state index in [4.69, 9.17) is 11.6 Å². The second kappa shape index (κ2) is 10.9. The van der Waals surface area contributed by atoms with Gasteiger partial charge in [-0.05, 0) is 74.2 Å². The molecule has 1 saturated carbocycles. The second-order valence-corrected chi connectivity index (χ2v) is 13.4. The third-order valence-electron chi connectivity index (χ3n) is 10.4. The number of allylic oxidation sites excluding steroid dienone is 2. The zero-order chi connectivity index (χ0) is 35.4. The molecule has 2 aliphatic heterocycles. The van der Waals surface area contributed by atoms with E-state index in [1.807, 2.05) is 0 Å². The van der Waals surface area contributed by atoms with Gasteiger partial charge >= 0.3 is 12.4 Å². The van der Waals surface area contributed by atoms with Crippen molar-refractivity contribution >= 4 is 46.6 Å². The van der Waals surface area contributed by atoms with Crippen molar-refractivity contribution in [3.8, 4) is 5.75 Å². The molecule has 6 unspecified atom stereocenters. The number of fused-ring (bicyclic) bond motifs is 4. The van der Waals surface area contributed by atoms with E-state index in [9.17, 15) is 50.6 Å². The van der Waals surface area contributed by atoms with Crippen molar-refractivity contribution in [2.24, 2.45) is 29.1 Å². The van der Waals surface area contributed by atoms with Crippen molar-refractivity contribution < 1.29 is 50.6 Å². The van der Waals surface area contributed by atoms with Crippen LogP contribution in [-0.4, -0.2) is 28.7 Å². The zero-order valence-electron chi connectivity index (χ0n) is 25.3. The molecule has 2 saturated heterocycles. The van der Waals surface area contributed by atoms with E-state index < -0.39 is 87.8 Å². The molecule has 49 heavy (non-hydrogen) atoms. The summed E-state index contributed by atoms with van der Waals surface area (Å²) in [4.78, 5) is 57.9. The number of anilines is 2. The fourth-order valence-corrected chi connectivity index (χ4v) is 8.44. The van der Waals surface area contributed by atoms with Gasteiger partial charge in [0.2, 0.25) is 23.6 Å². The quantitative estimate of drug-likeness (QED) is 0.173. The molecule has 0 spiro atoms. The number of benzene rings is 3. The van der Waals surface area contributed by atoms with Crippen molar-refractivity contribution in [2.75, 3.05) is 9.80 Å². The minimum atomic E-state index is -5.22. The lowest BCUT2D eigenvalue weighted by atomic mass is 9.51. The molecule has 14 heteroatoms.